The van der Waals surface area contributed by atoms with Crippen LogP contribution < -0.4 is 5.32 Å². The molecule has 0 aliphatic carbocycles. The summed E-state index contributed by atoms with van der Waals surface area (Å²) in [6, 6.07) is -0.349. The highest BCUT2D eigenvalue weighted by molar-refractivity contribution is 5.84. The lowest BCUT2D eigenvalue weighted by molar-refractivity contribution is -0.133. The quantitative estimate of drug-likeness (QED) is 0.617. The van der Waals surface area contributed by atoms with E-state index in [1.165, 1.54) is 4.90 Å². The summed E-state index contributed by atoms with van der Waals surface area (Å²) in [4.78, 5) is 35.4. The van der Waals surface area contributed by atoms with Crippen LogP contribution in [0.1, 0.15) is 33.6 Å². The number of hydrogen-bond acceptors (Lipinski definition) is 4. The lowest BCUT2D eigenvalue weighted by atomic mass is 10.2. The van der Waals surface area contributed by atoms with Crippen LogP contribution in [0.2, 0.25) is 0 Å². The van der Waals surface area contributed by atoms with Crippen molar-refractivity contribution in [1.82, 2.24) is 10.2 Å². The number of alkyl carbamates (subject to hydrolysis) is 1. The molecule has 1 fully saturated rings. The van der Waals surface area contributed by atoms with Gasteiger partial charge >= 0.3 is 6.09 Å². The summed E-state index contributed by atoms with van der Waals surface area (Å²) in [6.45, 7) is 5.67. The van der Waals surface area contributed by atoms with Crippen molar-refractivity contribution in [3.63, 3.8) is 0 Å². The van der Waals surface area contributed by atoms with Gasteiger partial charge in [-0.3, -0.25) is 4.79 Å². The van der Waals surface area contributed by atoms with Gasteiger partial charge in [0.15, 0.2) is 0 Å². The molecule has 0 spiro atoms. The fraction of sp³-hybridized carbons (Fsp3) is 0.643. The molecule has 1 aliphatic heterocycles. The molecule has 112 valence electrons. The van der Waals surface area contributed by atoms with E-state index >= 15 is 0 Å². The molecule has 0 radical (unpaired) electrons. The normalized spacial score (nSPS) is 17.6. The highest BCUT2D eigenvalue weighted by Crippen LogP contribution is 2.15. The van der Waals surface area contributed by atoms with E-state index in [0.717, 1.165) is 12.7 Å². The van der Waals surface area contributed by atoms with Gasteiger partial charge in [-0.05, 0) is 33.6 Å². The van der Waals surface area contributed by atoms with Crippen molar-refractivity contribution in [2.45, 2.75) is 45.3 Å². The van der Waals surface area contributed by atoms with Crippen LogP contribution in [0, 0.1) is 12.8 Å². The molecule has 0 aromatic heterocycles. The highest BCUT2D eigenvalue weighted by atomic mass is 16.6. The number of carbonyl (C=O) groups excluding carboxylic acids is 3. The van der Waals surface area contributed by atoms with Crippen LogP contribution >= 0.6 is 0 Å². The van der Waals surface area contributed by atoms with Crippen molar-refractivity contribution >= 4 is 18.3 Å². The number of aldehydes is 1. The summed E-state index contributed by atoms with van der Waals surface area (Å²) in [5.74, 6) is -0.254. The van der Waals surface area contributed by atoms with Crippen molar-refractivity contribution < 1.29 is 19.1 Å². The van der Waals surface area contributed by atoms with E-state index in [4.69, 9.17) is 4.74 Å². The second-order valence-electron chi connectivity index (χ2n) is 5.29. The van der Waals surface area contributed by atoms with Crippen LogP contribution in [0.5, 0.6) is 0 Å². The Morgan fingerprint density at radius 3 is 2.50 bits per heavy atom. The molecular weight excluding hydrogens is 260 g/mol. The number of carbonyl (C=O) groups is 3. The van der Waals surface area contributed by atoms with E-state index in [1.54, 1.807) is 20.8 Å². The molecule has 0 saturated carbocycles. The molecule has 1 saturated heterocycles. The van der Waals surface area contributed by atoms with Crippen molar-refractivity contribution in [2.75, 3.05) is 13.1 Å². The lowest BCUT2D eigenvalue weighted by Crippen LogP contribution is -2.44. The van der Waals surface area contributed by atoms with E-state index in [2.05, 4.69) is 18.2 Å². The minimum atomic E-state index is -0.627. The number of hydrogen-bond donors (Lipinski definition) is 1. The predicted molar refractivity (Wildman–Crippen MR) is 74.9 cm³/mol. The maximum absolute atomic E-state index is 11.8. The zero-order valence-corrected chi connectivity index (χ0v) is 12.2. The van der Waals surface area contributed by atoms with E-state index in [1.807, 2.05) is 0 Å². The van der Waals surface area contributed by atoms with Gasteiger partial charge < -0.3 is 19.7 Å². The van der Waals surface area contributed by atoms with Gasteiger partial charge in [-0.25, -0.2) is 4.79 Å². The Labute approximate surface area is 119 Å². The van der Waals surface area contributed by atoms with E-state index in [0.29, 0.717) is 13.0 Å². The molecule has 0 unspecified atom stereocenters. The molecule has 6 nitrogen and oxygen atoms in total. The van der Waals surface area contributed by atoms with Gasteiger partial charge in [0.05, 0.1) is 6.04 Å². The van der Waals surface area contributed by atoms with Gasteiger partial charge in [0.1, 0.15) is 18.4 Å². The van der Waals surface area contributed by atoms with Crippen LogP contribution in [-0.2, 0) is 14.3 Å². The van der Waals surface area contributed by atoms with E-state index in [-0.39, 0.29) is 18.5 Å². The maximum atomic E-state index is 11.8. The minimum Gasteiger partial charge on any atom is -0.444 e. The summed E-state index contributed by atoms with van der Waals surface area (Å²) >= 11 is 0. The molecule has 1 rings (SSSR count). The second-order valence-corrected chi connectivity index (χ2v) is 5.29. The van der Waals surface area contributed by atoms with Gasteiger partial charge in [-0.15, -0.1) is 12.8 Å². The standard InChI is InChI=1S/C12H20N2O4.C2H2/c1-12(2,3)18-11(17)13-7-10(16)14-6-4-5-9(14)8-15;1-2/h8-9H,4-7H2,1-3H3,(H,13,17);1-2H/t9-;/m0./s1. The smallest absolute Gasteiger partial charge is 0.408 e. The van der Waals surface area contributed by atoms with Gasteiger partial charge in [-0.2, -0.15) is 0 Å². The van der Waals surface area contributed by atoms with Crippen LogP contribution in [0.3, 0.4) is 0 Å². The summed E-state index contributed by atoms with van der Waals surface area (Å²) in [6.07, 6.45) is 9.67. The third-order valence-corrected chi connectivity index (χ3v) is 2.56. The summed E-state index contributed by atoms with van der Waals surface area (Å²) in [7, 11) is 0. The SMILES string of the molecule is C#C.CC(C)(C)OC(=O)NCC(=O)N1CCC[C@H]1C=O. The maximum Gasteiger partial charge on any atom is 0.408 e. The Kier molecular flexibility index (Phi) is 7.37. The average molecular weight is 282 g/mol. The fourth-order valence-electron chi connectivity index (χ4n) is 1.81. The molecule has 2 amide bonds. The largest absolute Gasteiger partial charge is 0.444 e. The van der Waals surface area contributed by atoms with Crippen molar-refractivity contribution in [2.24, 2.45) is 0 Å². The fourth-order valence-corrected chi connectivity index (χ4v) is 1.81. The Balaban J connectivity index is 0.00000172. The molecule has 6 heteroatoms. The van der Waals surface area contributed by atoms with Crippen LogP contribution in [0.15, 0.2) is 0 Å². The molecule has 1 aliphatic rings. The zero-order chi connectivity index (χ0) is 15.8. The average Bonchev–Trinajstić information content (AvgIpc) is 2.84. The first-order chi connectivity index (χ1) is 9.33. The number of terminal acetylenes is 1. The molecule has 0 aromatic carbocycles. The summed E-state index contributed by atoms with van der Waals surface area (Å²) in [5, 5.41) is 2.39. The number of nitrogens with zero attached hydrogens (tertiary/aromatic N) is 1. The van der Waals surface area contributed by atoms with Crippen molar-refractivity contribution in [3.8, 4) is 12.8 Å². The topological polar surface area (TPSA) is 75.7 Å². The van der Waals surface area contributed by atoms with Crippen LogP contribution in [0.4, 0.5) is 4.79 Å². The van der Waals surface area contributed by atoms with Gasteiger partial charge in [0, 0.05) is 6.54 Å². The Morgan fingerprint density at radius 2 is 2.00 bits per heavy atom. The Hall–Kier alpha value is -2.03. The van der Waals surface area contributed by atoms with Gasteiger partial charge in [-0.1, -0.05) is 0 Å². The molecule has 20 heavy (non-hydrogen) atoms. The monoisotopic (exact) mass is 282 g/mol. The first-order valence-corrected chi connectivity index (χ1v) is 6.38. The minimum absolute atomic E-state index is 0.140. The predicted octanol–water partition coefficient (Wildman–Crippen LogP) is 0.950. The zero-order valence-electron chi connectivity index (χ0n) is 12.2. The first-order valence-electron chi connectivity index (χ1n) is 6.38. The second kappa shape index (κ2) is 8.20. The van der Waals surface area contributed by atoms with Crippen LogP contribution in [-0.4, -0.2) is 47.9 Å². The van der Waals surface area contributed by atoms with Crippen molar-refractivity contribution in [1.29, 1.82) is 0 Å². The van der Waals surface area contributed by atoms with Crippen LogP contribution in [0.25, 0.3) is 0 Å². The third kappa shape index (κ3) is 6.23. The number of likely N-dealkylation sites (tertiary alicyclic amines) is 1. The van der Waals surface area contributed by atoms with Gasteiger partial charge in [0.2, 0.25) is 5.91 Å². The molecule has 1 atom stereocenters. The van der Waals surface area contributed by atoms with Gasteiger partial charge in [0.25, 0.3) is 0 Å². The van der Waals surface area contributed by atoms with E-state index in [9.17, 15) is 14.4 Å². The molecule has 1 N–H and O–H groups in total. The molecule has 1 heterocycles. The highest BCUT2D eigenvalue weighted by Gasteiger charge is 2.28. The number of amides is 2. The number of nitrogens with one attached hydrogen (secondary N) is 1. The molecule has 0 bridgehead atoms. The number of ether oxygens (including phenoxy) is 1. The molecule has 0 aromatic rings. The Bertz CT molecular complexity index is 371. The summed E-state index contributed by atoms with van der Waals surface area (Å²) in [5.41, 5.74) is -0.591. The van der Waals surface area contributed by atoms with Crippen molar-refractivity contribution in [3.05, 3.63) is 0 Å². The lowest BCUT2D eigenvalue weighted by Gasteiger charge is -2.22. The van der Waals surface area contributed by atoms with E-state index < -0.39 is 11.7 Å². The summed E-state index contributed by atoms with van der Waals surface area (Å²) < 4.78 is 5.01. The number of rotatable bonds is 3. The third-order valence-electron chi connectivity index (χ3n) is 2.56. The first kappa shape index (κ1) is 18.0. The molecular formula is C14H22N2O4. The Morgan fingerprint density at radius 1 is 1.40 bits per heavy atom.